The fraction of sp³-hybridized carbons (Fsp3) is 0.556. The second-order valence-electron chi connectivity index (χ2n) is 15.4. The van der Waals surface area contributed by atoms with Crippen molar-refractivity contribution < 1.29 is 53.9 Å². The molecule has 1 heterocycles. The SMILES string of the molecule is CCCC(C)(C)[Si](C)(C)OC1=Cc2ccccc2[CH]1[Zr+2]1([CH]2C(O[Si](C)(C)C(C)(C)CCC)=Cc3ccccc32)[CH2][CH2]1.[Cl-].[Cl-]. The van der Waals surface area contributed by atoms with E-state index in [0.717, 1.165) is 0 Å². The number of allylic oxidation sites excluding steroid dienone is 2. The van der Waals surface area contributed by atoms with Crippen LogP contribution in [0.25, 0.3) is 12.2 Å². The number of fused-ring (bicyclic) bond motifs is 2. The number of halogens is 2. The Kier molecular flexibility index (Phi) is 11.4. The molecule has 1 aliphatic heterocycles. The van der Waals surface area contributed by atoms with Crippen LogP contribution in [0.2, 0.25) is 44.5 Å². The van der Waals surface area contributed by atoms with Gasteiger partial charge in [0.05, 0.1) is 0 Å². The van der Waals surface area contributed by atoms with E-state index in [1.54, 1.807) is 11.1 Å². The second kappa shape index (κ2) is 13.3. The summed E-state index contributed by atoms with van der Waals surface area (Å²) in [6.45, 7) is 24.3. The molecule has 3 aliphatic rings. The predicted octanol–water partition coefficient (Wildman–Crippen LogP) is 5.79. The first-order chi connectivity index (χ1) is 19.2. The predicted molar refractivity (Wildman–Crippen MR) is 179 cm³/mol. The summed E-state index contributed by atoms with van der Waals surface area (Å²) in [7, 11) is -4.05. The number of rotatable bonds is 12. The first-order valence-electron chi connectivity index (χ1n) is 16.2. The summed E-state index contributed by atoms with van der Waals surface area (Å²) in [5, 5.41) is 0.450. The summed E-state index contributed by atoms with van der Waals surface area (Å²) in [5.41, 5.74) is 5.87. The molecule has 1 fully saturated rings. The maximum absolute atomic E-state index is 7.41. The fourth-order valence-electron chi connectivity index (χ4n) is 7.56. The quantitative estimate of drug-likeness (QED) is 0.257. The van der Waals surface area contributed by atoms with Crippen LogP contribution in [-0.2, 0) is 29.1 Å². The number of hydrogen-bond donors (Lipinski definition) is 0. The van der Waals surface area contributed by atoms with Gasteiger partial charge in [-0.3, -0.25) is 0 Å². The molecule has 0 saturated carbocycles. The normalized spacial score (nSPS) is 19.9. The molecular weight excluding hydrogens is 683 g/mol. The van der Waals surface area contributed by atoms with Gasteiger partial charge in [0.2, 0.25) is 0 Å². The van der Waals surface area contributed by atoms with Gasteiger partial charge < -0.3 is 24.8 Å². The average molecular weight is 737 g/mol. The zero-order valence-electron chi connectivity index (χ0n) is 28.2. The van der Waals surface area contributed by atoms with Gasteiger partial charge in [0, 0.05) is 0 Å². The molecule has 2 unspecified atom stereocenters. The van der Waals surface area contributed by atoms with Gasteiger partial charge in [-0.05, 0) is 0 Å². The van der Waals surface area contributed by atoms with E-state index in [2.05, 4.69) is 128 Å². The molecule has 0 bridgehead atoms. The Hall–Kier alpha value is -0.583. The van der Waals surface area contributed by atoms with Gasteiger partial charge >= 0.3 is 259 Å². The standard InChI is InChI=1S/2C17H25OSi.C2H4.2ClH.Zr/c2*1-6-11-17(2,3)19(4,5)18-16-12-14-9-7-8-10-15(14)13-16;1-2;;;/h2*7-10,12-13H,6,11H2,1-5H3;1-2H2;2*1H;/q;;;;;+2/p-2. The van der Waals surface area contributed by atoms with Gasteiger partial charge in [-0.25, -0.2) is 0 Å². The van der Waals surface area contributed by atoms with Crippen LogP contribution in [0, 0.1) is 0 Å². The van der Waals surface area contributed by atoms with Gasteiger partial charge in [0.1, 0.15) is 0 Å². The van der Waals surface area contributed by atoms with E-state index in [1.807, 2.05) is 0 Å². The van der Waals surface area contributed by atoms with E-state index in [9.17, 15) is 0 Å². The Morgan fingerprint density at radius 3 is 1.33 bits per heavy atom. The zero-order chi connectivity index (χ0) is 29.8. The summed E-state index contributed by atoms with van der Waals surface area (Å²) < 4.78 is 18.6. The number of hydrogen-bond acceptors (Lipinski definition) is 2. The maximum Gasteiger partial charge on any atom is -1.00 e. The van der Waals surface area contributed by atoms with Crippen LogP contribution in [0.3, 0.4) is 0 Å². The molecule has 1 saturated heterocycles. The zero-order valence-corrected chi connectivity index (χ0v) is 34.2. The Bertz CT molecular complexity index is 1260. The first-order valence-corrected chi connectivity index (χ1v) is 28.3. The summed E-state index contributed by atoms with van der Waals surface area (Å²) in [6, 6.07) is 18.4. The third-order valence-corrected chi connectivity index (χ3v) is 32.7. The Balaban J connectivity index is 0.00000253. The van der Waals surface area contributed by atoms with Crippen molar-refractivity contribution in [2.45, 2.75) is 119 Å². The molecular formula is C36H54Cl2O2Si2Zr. The molecule has 0 spiro atoms. The van der Waals surface area contributed by atoms with E-state index in [4.69, 9.17) is 8.85 Å². The molecule has 0 radical (unpaired) electrons. The summed E-state index contributed by atoms with van der Waals surface area (Å²) >= 11 is -2.93. The number of benzene rings is 2. The van der Waals surface area contributed by atoms with E-state index >= 15 is 0 Å². The smallest absolute Gasteiger partial charge is 1.00 e. The van der Waals surface area contributed by atoms with Crippen molar-refractivity contribution in [3.05, 3.63) is 82.3 Å². The minimum atomic E-state index is -2.93. The van der Waals surface area contributed by atoms with Crippen molar-refractivity contribution in [1.29, 1.82) is 0 Å². The Labute approximate surface area is 282 Å². The van der Waals surface area contributed by atoms with Crippen molar-refractivity contribution in [2.75, 3.05) is 0 Å². The summed E-state index contributed by atoms with van der Waals surface area (Å²) in [5.74, 6) is 2.62. The molecule has 2 aliphatic carbocycles. The van der Waals surface area contributed by atoms with Crippen LogP contribution >= 0.6 is 0 Å². The monoisotopic (exact) mass is 734 g/mol. The molecule has 5 rings (SSSR count). The Morgan fingerprint density at radius 1 is 0.651 bits per heavy atom. The van der Waals surface area contributed by atoms with Crippen LogP contribution < -0.4 is 24.8 Å². The van der Waals surface area contributed by atoms with Crippen LogP contribution in [-0.4, -0.2) is 16.6 Å². The van der Waals surface area contributed by atoms with Crippen LogP contribution in [0.1, 0.15) is 96.7 Å². The molecule has 43 heavy (non-hydrogen) atoms. The third-order valence-electron chi connectivity index (χ3n) is 11.5. The van der Waals surface area contributed by atoms with Gasteiger partial charge in [-0.1, -0.05) is 0 Å². The minimum absolute atomic E-state index is 0. The van der Waals surface area contributed by atoms with E-state index in [1.165, 1.54) is 56.6 Å². The molecule has 7 heteroatoms. The fourth-order valence-corrected chi connectivity index (χ4v) is 28.3. The molecule has 2 nitrogen and oxygen atoms in total. The molecule has 0 aromatic heterocycles. The van der Waals surface area contributed by atoms with E-state index in [-0.39, 0.29) is 34.9 Å². The molecule has 0 amide bonds. The molecule has 0 N–H and O–H groups in total. The van der Waals surface area contributed by atoms with Crippen LogP contribution in [0.4, 0.5) is 0 Å². The maximum atomic E-state index is 7.41. The Morgan fingerprint density at radius 2 is 1.00 bits per heavy atom. The van der Waals surface area contributed by atoms with Crippen molar-refractivity contribution in [1.82, 2.24) is 0 Å². The molecule has 2 aromatic carbocycles. The van der Waals surface area contributed by atoms with E-state index < -0.39 is 36.9 Å². The minimum Gasteiger partial charge on any atom is -1.00 e. The van der Waals surface area contributed by atoms with Gasteiger partial charge in [0.25, 0.3) is 0 Å². The van der Waals surface area contributed by atoms with Gasteiger partial charge in [0.15, 0.2) is 0 Å². The van der Waals surface area contributed by atoms with Crippen LogP contribution in [0.15, 0.2) is 60.0 Å². The van der Waals surface area contributed by atoms with Crippen molar-refractivity contribution in [3.63, 3.8) is 0 Å². The first kappa shape index (κ1) is 36.9. The van der Waals surface area contributed by atoms with Crippen molar-refractivity contribution in [2.24, 2.45) is 0 Å². The summed E-state index contributed by atoms with van der Waals surface area (Å²) in [6.07, 6.45) is 9.74. The molecule has 236 valence electrons. The van der Waals surface area contributed by atoms with Crippen molar-refractivity contribution >= 4 is 28.8 Å². The average Bonchev–Trinajstić information content (AvgIpc) is 3.44. The van der Waals surface area contributed by atoms with Crippen molar-refractivity contribution in [3.8, 4) is 0 Å². The summed E-state index contributed by atoms with van der Waals surface area (Å²) in [4.78, 5) is 0. The second-order valence-corrected chi connectivity index (χ2v) is 36.0. The topological polar surface area (TPSA) is 18.5 Å². The molecule has 2 atom stereocenters. The third kappa shape index (κ3) is 6.64. The van der Waals surface area contributed by atoms with E-state index in [0.29, 0.717) is 7.25 Å². The van der Waals surface area contributed by atoms with Crippen LogP contribution in [0.5, 0.6) is 0 Å². The molecule has 2 aromatic rings. The van der Waals surface area contributed by atoms with Gasteiger partial charge in [-0.15, -0.1) is 0 Å². The van der Waals surface area contributed by atoms with Gasteiger partial charge in [-0.2, -0.15) is 0 Å². The largest absolute Gasteiger partial charge is 1.00 e.